The maximum Gasteiger partial charge on any atom is 0.408 e. The van der Waals surface area contributed by atoms with Gasteiger partial charge in [-0.2, -0.15) is 0 Å². The van der Waals surface area contributed by atoms with Crippen LogP contribution in [0.4, 0.5) is 4.79 Å². The molecule has 4 rings (SSSR count). The number of aliphatic carboxylic acids is 1. The zero-order valence-electron chi connectivity index (χ0n) is 19.7. The number of carbonyl (C=O) groups is 3. The van der Waals surface area contributed by atoms with Gasteiger partial charge in [0.15, 0.2) is 0 Å². The smallest absolute Gasteiger partial charge is 0.408 e. The highest BCUT2D eigenvalue weighted by Gasteiger charge is 2.49. The van der Waals surface area contributed by atoms with Crippen LogP contribution in [0.2, 0.25) is 0 Å². The van der Waals surface area contributed by atoms with Gasteiger partial charge >= 0.3 is 12.1 Å². The summed E-state index contributed by atoms with van der Waals surface area (Å²) in [5, 5.41) is 14.8. The highest BCUT2D eigenvalue weighted by molar-refractivity contribution is 5.91. The number of carboxylic acids is 1. The van der Waals surface area contributed by atoms with E-state index in [1.165, 1.54) is 0 Å². The molecule has 180 valence electrons. The topological polar surface area (TPSA) is 105 Å². The zero-order chi connectivity index (χ0) is 24.3. The van der Waals surface area contributed by atoms with Crippen LogP contribution < -0.4 is 10.6 Å². The van der Waals surface area contributed by atoms with Gasteiger partial charge in [0.2, 0.25) is 5.91 Å². The number of fused-ring (bicyclic) bond motifs is 3. The van der Waals surface area contributed by atoms with Crippen molar-refractivity contribution in [1.82, 2.24) is 10.6 Å². The monoisotopic (exact) mass is 464 g/mol. The van der Waals surface area contributed by atoms with Gasteiger partial charge in [-0.1, -0.05) is 61.9 Å². The van der Waals surface area contributed by atoms with Crippen LogP contribution in [0.5, 0.6) is 0 Å². The molecule has 1 fully saturated rings. The van der Waals surface area contributed by atoms with Gasteiger partial charge in [0.1, 0.15) is 12.1 Å². The fourth-order valence-electron chi connectivity index (χ4n) is 4.97. The standard InChI is InChI=1S/C27H32N2O5/c1-3-8-18(15-24(30)31)28-25(32)27(2,17-13-14-17)29-26(33)34-16-23-21-11-6-4-9-19(21)20-10-5-7-12-22(20)23/h4-7,9-12,17-18,23H,3,8,13-16H2,1-2H3,(H,28,32)(H,29,33)(H,30,31)/t18-,27?/m1/s1. The third kappa shape index (κ3) is 4.93. The molecule has 1 unspecified atom stereocenters. The Hall–Kier alpha value is -3.35. The molecule has 0 bridgehead atoms. The van der Waals surface area contributed by atoms with Crippen molar-refractivity contribution in [2.24, 2.45) is 5.92 Å². The van der Waals surface area contributed by atoms with Gasteiger partial charge in [-0.3, -0.25) is 9.59 Å². The summed E-state index contributed by atoms with van der Waals surface area (Å²) in [4.78, 5) is 37.2. The van der Waals surface area contributed by atoms with Crippen LogP contribution in [-0.4, -0.2) is 41.3 Å². The minimum Gasteiger partial charge on any atom is -0.481 e. The maximum atomic E-state index is 13.2. The maximum absolute atomic E-state index is 13.2. The molecule has 2 aromatic carbocycles. The first-order valence-corrected chi connectivity index (χ1v) is 12.0. The summed E-state index contributed by atoms with van der Waals surface area (Å²) in [6.45, 7) is 3.81. The van der Waals surface area contributed by atoms with Crippen molar-refractivity contribution in [3.8, 4) is 11.1 Å². The predicted molar refractivity (Wildman–Crippen MR) is 128 cm³/mol. The molecule has 7 heteroatoms. The summed E-state index contributed by atoms with van der Waals surface area (Å²) in [6, 6.07) is 15.8. The van der Waals surface area contributed by atoms with Gasteiger partial charge in [-0.25, -0.2) is 4.79 Å². The summed E-state index contributed by atoms with van der Waals surface area (Å²) >= 11 is 0. The molecule has 2 aliphatic rings. The van der Waals surface area contributed by atoms with E-state index in [9.17, 15) is 14.4 Å². The van der Waals surface area contributed by atoms with Gasteiger partial charge in [0, 0.05) is 12.0 Å². The number of hydrogen-bond donors (Lipinski definition) is 3. The Kier molecular flexibility index (Phi) is 6.91. The fraction of sp³-hybridized carbons (Fsp3) is 0.444. The largest absolute Gasteiger partial charge is 0.481 e. The molecule has 0 radical (unpaired) electrons. The number of ether oxygens (including phenoxy) is 1. The number of carbonyl (C=O) groups excluding carboxylic acids is 2. The third-order valence-corrected chi connectivity index (χ3v) is 6.96. The molecular formula is C27H32N2O5. The van der Waals surface area contributed by atoms with Crippen molar-refractivity contribution in [1.29, 1.82) is 0 Å². The Balaban J connectivity index is 1.43. The van der Waals surface area contributed by atoms with Crippen LogP contribution in [0.15, 0.2) is 48.5 Å². The SMILES string of the molecule is CCC[C@H](CC(=O)O)NC(=O)C(C)(NC(=O)OCC1c2ccccc2-c2ccccc21)C1CC1. The van der Waals surface area contributed by atoms with Crippen LogP contribution in [0, 0.1) is 5.92 Å². The average Bonchev–Trinajstić information content (AvgIpc) is 3.61. The summed E-state index contributed by atoms with van der Waals surface area (Å²) in [7, 11) is 0. The van der Waals surface area contributed by atoms with Gasteiger partial charge in [-0.05, 0) is 54.4 Å². The molecule has 3 N–H and O–H groups in total. The fourth-order valence-corrected chi connectivity index (χ4v) is 4.97. The van der Waals surface area contributed by atoms with E-state index in [0.717, 1.165) is 41.5 Å². The second-order valence-corrected chi connectivity index (χ2v) is 9.48. The van der Waals surface area contributed by atoms with E-state index in [4.69, 9.17) is 9.84 Å². The lowest BCUT2D eigenvalue weighted by molar-refractivity contribution is -0.138. The van der Waals surface area contributed by atoms with Gasteiger partial charge in [0.05, 0.1) is 6.42 Å². The molecule has 2 aliphatic carbocycles. The molecule has 0 heterocycles. The minimum absolute atomic E-state index is 0.0000806. The van der Waals surface area contributed by atoms with E-state index < -0.39 is 23.6 Å². The van der Waals surface area contributed by atoms with E-state index in [1.54, 1.807) is 6.92 Å². The number of hydrogen-bond acceptors (Lipinski definition) is 4. The predicted octanol–water partition coefficient (Wildman–Crippen LogP) is 4.45. The van der Waals surface area contributed by atoms with Crippen molar-refractivity contribution in [2.45, 2.75) is 63.5 Å². The van der Waals surface area contributed by atoms with Crippen LogP contribution in [0.3, 0.4) is 0 Å². The second-order valence-electron chi connectivity index (χ2n) is 9.48. The molecule has 2 aromatic rings. The Labute approximate surface area is 199 Å². The molecule has 0 aliphatic heterocycles. The molecule has 2 atom stereocenters. The molecule has 0 spiro atoms. The lowest BCUT2D eigenvalue weighted by Crippen LogP contribution is -2.60. The van der Waals surface area contributed by atoms with Crippen molar-refractivity contribution in [2.75, 3.05) is 6.61 Å². The zero-order valence-corrected chi connectivity index (χ0v) is 19.7. The van der Waals surface area contributed by atoms with Gasteiger partial charge < -0.3 is 20.5 Å². The van der Waals surface area contributed by atoms with Crippen LogP contribution in [-0.2, 0) is 14.3 Å². The lowest BCUT2D eigenvalue weighted by Gasteiger charge is -2.31. The van der Waals surface area contributed by atoms with Crippen molar-refractivity contribution >= 4 is 18.0 Å². The first kappa shape index (κ1) is 23.8. The molecule has 0 saturated heterocycles. The number of benzene rings is 2. The number of rotatable bonds is 10. The van der Waals surface area contributed by atoms with E-state index in [1.807, 2.05) is 31.2 Å². The van der Waals surface area contributed by atoms with Crippen LogP contribution in [0.25, 0.3) is 11.1 Å². The minimum atomic E-state index is -1.15. The highest BCUT2D eigenvalue weighted by Crippen LogP contribution is 2.44. The highest BCUT2D eigenvalue weighted by atomic mass is 16.5. The van der Waals surface area contributed by atoms with Crippen molar-refractivity contribution in [3.63, 3.8) is 0 Å². The summed E-state index contributed by atoms with van der Waals surface area (Å²) in [5.41, 5.74) is 3.39. The quantitative estimate of drug-likeness (QED) is 0.482. The third-order valence-electron chi connectivity index (χ3n) is 6.96. The average molecular weight is 465 g/mol. The van der Waals surface area contributed by atoms with Crippen molar-refractivity contribution in [3.05, 3.63) is 59.7 Å². The van der Waals surface area contributed by atoms with Crippen LogP contribution in [0.1, 0.15) is 63.0 Å². The van der Waals surface area contributed by atoms with E-state index in [2.05, 4.69) is 34.9 Å². The molecule has 0 aromatic heterocycles. The molecule has 1 saturated carbocycles. The number of nitrogens with one attached hydrogen (secondary N) is 2. The van der Waals surface area contributed by atoms with Crippen molar-refractivity contribution < 1.29 is 24.2 Å². The summed E-state index contributed by atoms with van der Waals surface area (Å²) in [6.07, 6.45) is 2.17. The first-order chi connectivity index (χ1) is 16.3. The Morgan fingerprint density at radius 2 is 1.65 bits per heavy atom. The molecule has 2 amide bonds. The van der Waals surface area contributed by atoms with Gasteiger partial charge in [0.25, 0.3) is 0 Å². The van der Waals surface area contributed by atoms with E-state index >= 15 is 0 Å². The number of alkyl carbamates (subject to hydrolysis) is 1. The second kappa shape index (κ2) is 9.87. The first-order valence-electron chi connectivity index (χ1n) is 12.0. The van der Waals surface area contributed by atoms with E-state index in [0.29, 0.717) is 6.42 Å². The molecule has 34 heavy (non-hydrogen) atoms. The number of amides is 2. The van der Waals surface area contributed by atoms with Crippen LogP contribution >= 0.6 is 0 Å². The Morgan fingerprint density at radius 1 is 1.06 bits per heavy atom. The molecule has 7 nitrogen and oxygen atoms in total. The van der Waals surface area contributed by atoms with E-state index in [-0.39, 0.29) is 30.8 Å². The van der Waals surface area contributed by atoms with Gasteiger partial charge in [-0.15, -0.1) is 0 Å². The lowest BCUT2D eigenvalue weighted by atomic mass is 9.93. The molecular weight excluding hydrogens is 432 g/mol. The Morgan fingerprint density at radius 3 is 2.18 bits per heavy atom. The summed E-state index contributed by atoms with van der Waals surface area (Å²) in [5.74, 6) is -1.39. The normalized spacial score (nSPS) is 17.1. The number of carboxylic acid groups (broad SMARTS) is 1. The summed E-state index contributed by atoms with van der Waals surface area (Å²) < 4.78 is 5.66. The Bertz CT molecular complexity index is 1030.